The number of pyridine rings is 1. The topological polar surface area (TPSA) is 67.2 Å². The van der Waals surface area contributed by atoms with Gasteiger partial charge in [-0.3, -0.25) is 9.69 Å². The fraction of sp³-hybridized carbons (Fsp3) is 0.522. The number of piperazine rings is 1. The minimum atomic E-state index is -0.366. The van der Waals surface area contributed by atoms with Crippen LogP contribution in [0, 0.1) is 6.92 Å². The fourth-order valence-electron chi connectivity index (χ4n) is 4.34. The van der Waals surface area contributed by atoms with Crippen molar-refractivity contribution in [3.63, 3.8) is 0 Å². The number of nitrogens with zero attached hydrogens (tertiary/aromatic N) is 3. The lowest BCUT2D eigenvalue weighted by Gasteiger charge is -2.39. The molecule has 30 heavy (non-hydrogen) atoms. The second-order valence-electron chi connectivity index (χ2n) is 7.62. The monoisotopic (exact) mass is 415 g/mol. The highest BCUT2D eigenvalue weighted by Gasteiger charge is 2.31. The Morgan fingerprint density at radius 1 is 1.00 bits per heavy atom. The second-order valence-corrected chi connectivity index (χ2v) is 7.62. The average Bonchev–Trinajstić information content (AvgIpc) is 2.76. The number of benzene rings is 1. The quantitative estimate of drug-likeness (QED) is 0.750. The first-order valence-electron chi connectivity index (χ1n) is 10.6. The van der Waals surface area contributed by atoms with Gasteiger partial charge in [0.1, 0.15) is 5.75 Å². The van der Waals surface area contributed by atoms with E-state index in [2.05, 4.69) is 16.7 Å². The summed E-state index contributed by atoms with van der Waals surface area (Å²) in [6.07, 6.45) is 0. The molecule has 7 heteroatoms. The summed E-state index contributed by atoms with van der Waals surface area (Å²) in [4.78, 5) is 18.1. The Labute approximate surface area is 178 Å². The molecule has 1 aromatic carbocycles. The Kier molecular flexibility index (Phi) is 7.05. The molecule has 1 N–H and O–H groups in total. The van der Waals surface area contributed by atoms with E-state index in [-0.39, 0.29) is 17.4 Å². The first-order valence-corrected chi connectivity index (χ1v) is 10.6. The maximum Gasteiger partial charge on any atom is 0.259 e. The van der Waals surface area contributed by atoms with Gasteiger partial charge in [0.05, 0.1) is 25.8 Å². The highest BCUT2D eigenvalue weighted by molar-refractivity contribution is 5.48. The van der Waals surface area contributed by atoms with Crippen molar-refractivity contribution in [1.29, 1.82) is 0 Å². The number of rotatable bonds is 7. The molecule has 0 amide bonds. The molecule has 1 unspecified atom stereocenters. The maximum absolute atomic E-state index is 13.4. The third kappa shape index (κ3) is 4.18. The number of aryl methyl sites for hydroxylation is 1. The van der Waals surface area contributed by atoms with Gasteiger partial charge >= 0.3 is 0 Å². The Balaban J connectivity index is 2.16. The molecule has 0 bridgehead atoms. The highest BCUT2D eigenvalue weighted by atomic mass is 16.5. The number of aromatic hydroxyl groups is 1. The average molecular weight is 416 g/mol. The van der Waals surface area contributed by atoms with E-state index >= 15 is 0 Å². The van der Waals surface area contributed by atoms with E-state index in [1.807, 2.05) is 32.0 Å². The maximum atomic E-state index is 13.4. The van der Waals surface area contributed by atoms with Gasteiger partial charge < -0.3 is 24.0 Å². The van der Waals surface area contributed by atoms with Crippen LogP contribution in [0.15, 0.2) is 29.1 Å². The van der Waals surface area contributed by atoms with Crippen LogP contribution in [0.5, 0.6) is 17.2 Å². The van der Waals surface area contributed by atoms with Gasteiger partial charge in [0.25, 0.3) is 5.56 Å². The number of hydrogen-bond acceptors (Lipinski definition) is 6. The van der Waals surface area contributed by atoms with Crippen LogP contribution in [-0.2, 0) is 6.54 Å². The predicted octanol–water partition coefficient (Wildman–Crippen LogP) is 2.63. The third-order valence-electron chi connectivity index (χ3n) is 6.06. The summed E-state index contributed by atoms with van der Waals surface area (Å²) in [7, 11) is 3.20. The summed E-state index contributed by atoms with van der Waals surface area (Å²) in [5, 5.41) is 10.9. The molecule has 1 atom stereocenters. The molecule has 164 valence electrons. The molecular formula is C23H33N3O4. The van der Waals surface area contributed by atoms with Crippen LogP contribution in [0.3, 0.4) is 0 Å². The van der Waals surface area contributed by atoms with Gasteiger partial charge in [-0.05, 0) is 44.2 Å². The molecule has 0 spiro atoms. The van der Waals surface area contributed by atoms with Crippen LogP contribution in [-0.4, -0.2) is 66.4 Å². The first kappa shape index (κ1) is 22.2. The van der Waals surface area contributed by atoms with Crippen LogP contribution in [0.4, 0.5) is 0 Å². The van der Waals surface area contributed by atoms with E-state index in [4.69, 9.17) is 9.47 Å². The van der Waals surface area contributed by atoms with Crippen molar-refractivity contribution in [3.05, 3.63) is 51.4 Å². The number of likely N-dealkylation sites (N-methyl/N-ethyl adjacent to an activating group) is 1. The first-order chi connectivity index (χ1) is 14.4. The van der Waals surface area contributed by atoms with Crippen LogP contribution >= 0.6 is 0 Å². The predicted molar refractivity (Wildman–Crippen MR) is 118 cm³/mol. The standard InChI is InChI=1S/C23H33N3O4/c1-6-24-10-12-25(13-11-24)22(17-8-9-19(29-4)20(15-17)30-5)21-18(27)14-16(3)26(7-2)23(21)28/h8-9,14-15,22,27H,6-7,10-13H2,1-5H3. The summed E-state index contributed by atoms with van der Waals surface area (Å²) < 4.78 is 12.6. The lowest BCUT2D eigenvalue weighted by Crippen LogP contribution is -2.48. The summed E-state index contributed by atoms with van der Waals surface area (Å²) in [5.74, 6) is 1.28. The molecule has 1 aliphatic rings. The molecular weight excluding hydrogens is 382 g/mol. The van der Waals surface area contributed by atoms with Gasteiger partial charge in [-0.1, -0.05) is 13.0 Å². The van der Waals surface area contributed by atoms with Gasteiger partial charge in [-0.15, -0.1) is 0 Å². The summed E-state index contributed by atoms with van der Waals surface area (Å²) in [6, 6.07) is 7.04. The van der Waals surface area contributed by atoms with Crippen molar-refractivity contribution >= 4 is 0 Å². The van der Waals surface area contributed by atoms with Crippen molar-refractivity contribution in [2.75, 3.05) is 46.9 Å². The van der Waals surface area contributed by atoms with E-state index in [1.54, 1.807) is 24.9 Å². The summed E-state index contributed by atoms with van der Waals surface area (Å²) in [5.41, 5.74) is 1.93. The zero-order valence-electron chi connectivity index (χ0n) is 18.6. The minimum absolute atomic E-state index is 0.0416. The van der Waals surface area contributed by atoms with Gasteiger partial charge in [0, 0.05) is 38.4 Å². The van der Waals surface area contributed by atoms with Gasteiger partial charge in [-0.2, -0.15) is 0 Å². The van der Waals surface area contributed by atoms with Crippen LogP contribution in [0.25, 0.3) is 0 Å². The van der Waals surface area contributed by atoms with Crippen molar-refractivity contribution in [1.82, 2.24) is 14.4 Å². The lowest BCUT2D eigenvalue weighted by atomic mass is 9.95. The minimum Gasteiger partial charge on any atom is -0.507 e. The zero-order chi connectivity index (χ0) is 21.8. The SMILES string of the molecule is CCN1CCN(C(c2ccc(OC)c(OC)c2)c2c(O)cc(C)n(CC)c2=O)CC1. The molecule has 7 nitrogen and oxygen atoms in total. The number of hydrogen-bond donors (Lipinski definition) is 1. The van der Waals surface area contributed by atoms with Crippen molar-refractivity contribution in [3.8, 4) is 17.2 Å². The van der Waals surface area contributed by atoms with E-state index in [9.17, 15) is 9.90 Å². The molecule has 2 heterocycles. The number of aromatic nitrogens is 1. The summed E-state index contributed by atoms with van der Waals surface area (Å²) in [6.45, 7) is 11.0. The van der Waals surface area contributed by atoms with Crippen molar-refractivity contribution < 1.29 is 14.6 Å². The smallest absolute Gasteiger partial charge is 0.259 e. The van der Waals surface area contributed by atoms with Crippen LogP contribution in [0.1, 0.15) is 36.7 Å². The van der Waals surface area contributed by atoms with Crippen LogP contribution < -0.4 is 15.0 Å². The van der Waals surface area contributed by atoms with Gasteiger partial charge in [-0.25, -0.2) is 0 Å². The third-order valence-corrected chi connectivity index (χ3v) is 6.06. The summed E-state index contributed by atoms with van der Waals surface area (Å²) >= 11 is 0. The van der Waals surface area contributed by atoms with Gasteiger partial charge in [0.2, 0.25) is 0 Å². The molecule has 0 aliphatic carbocycles. The molecule has 0 radical (unpaired) electrons. The van der Waals surface area contributed by atoms with E-state index in [0.29, 0.717) is 23.6 Å². The Morgan fingerprint density at radius 3 is 2.23 bits per heavy atom. The molecule has 1 saturated heterocycles. The molecule has 0 saturated carbocycles. The Hall–Kier alpha value is -2.51. The molecule has 3 rings (SSSR count). The lowest BCUT2D eigenvalue weighted by molar-refractivity contribution is 0.111. The number of methoxy groups -OCH3 is 2. The van der Waals surface area contributed by atoms with Crippen LogP contribution in [0.2, 0.25) is 0 Å². The second kappa shape index (κ2) is 9.53. The molecule has 2 aromatic rings. The van der Waals surface area contributed by atoms with E-state index in [0.717, 1.165) is 44.0 Å². The van der Waals surface area contributed by atoms with Crippen molar-refractivity contribution in [2.24, 2.45) is 0 Å². The molecule has 1 aliphatic heterocycles. The fourth-order valence-corrected chi connectivity index (χ4v) is 4.34. The van der Waals surface area contributed by atoms with E-state index in [1.165, 1.54) is 0 Å². The zero-order valence-corrected chi connectivity index (χ0v) is 18.6. The molecule has 1 fully saturated rings. The number of ether oxygens (including phenoxy) is 2. The normalized spacial score (nSPS) is 16.4. The highest BCUT2D eigenvalue weighted by Crippen LogP contribution is 2.37. The van der Waals surface area contributed by atoms with E-state index < -0.39 is 0 Å². The Morgan fingerprint density at radius 2 is 1.67 bits per heavy atom. The van der Waals surface area contributed by atoms with Crippen molar-refractivity contribution in [2.45, 2.75) is 33.4 Å². The molecule has 1 aromatic heterocycles. The van der Waals surface area contributed by atoms with Gasteiger partial charge in [0.15, 0.2) is 11.5 Å². The largest absolute Gasteiger partial charge is 0.507 e. The Bertz CT molecular complexity index is 933.